The second-order valence-corrected chi connectivity index (χ2v) is 4.61. The van der Waals surface area contributed by atoms with Gasteiger partial charge in [-0.2, -0.15) is 0 Å². The normalized spacial score (nSPS) is 21.5. The molecule has 1 aliphatic rings. The average Bonchev–Trinajstić information content (AvgIpc) is 2.65. The van der Waals surface area contributed by atoms with Gasteiger partial charge in [0.1, 0.15) is 11.9 Å². The van der Waals surface area contributed by atoms with E-state index in [0.29, 0.717) is 13.1 Å². The van der Waals surface area contributed by atoms with Crippen molar-refractivity contribution in [2.75, 3.05) is 13.1 Å². The fourth-order valence-electron chi connectivity index (χ4n) is 1.44. The zero-order chi connectivity index (χ0) is 11.5. The number of amides is 1. The highest BCUT2D eigenvalue weighted by Crippen LogP contribution is 2.19. The van der Waals surface area contributed by atoms with E-state index in [1.807, 2.05) is 20.8 Å². The van der Waals surface area contributed by atoms with Crippen molar-refractivity contribution >= 4 is 12.4 Å². The Balaban J connectivity index is 2.45. The third-order valence-electron chi connectivity index (χ3n) is 2.89. The number of ether oxygens (including phenoxy) is 1. The summed E-state index contributed by atoms with van der Waals surface area (Å²) in [5.41, 5.74) is -0.420. The van der Waals surface area contributed by atoms with E-state index in [1.165, 1.54) is 0 Å². The maximum atomic E-state index is 11.7. The number of nitrogens with zero attached hydrogens (tertiary/aromatic N) is 1. The zero-order valence-electron chi connectivity index (χ0n) is 9.66. The minimum atomic E-state index is -0.420. The summed E-state index contributed by atoms with van der Waals surface area (Å²) in [6.07, 6.45) is 2.15. The monoisotopic (exact) mass is 213 g/mol. The van der Waals surface area contributed by atoms with Gasteiger partial charge >= 0.3 is 6.09 Å². The van der Waals surface area contributed by atoms with E-state index in [1.54, 1.807) is 4.90 Å². The van der Waals surface area contributed by atoms with Gasteiger partial charge in [0.2, 0.25) is 0 Å². The summed E-state index contributed by atoms with van der Waals surface area (Å²) in [6.45, 7) is 6.88. The Morgan fingerprint density at radius 1 is 1.60 bits per heavy atom. The molecule has 0 aliphatic carbocycles. The van der Waals surface area contributed by atoms with E-state index in [4.69, 9.17) is 4.74 Å². The molecule has 0 aromatic carbocycles. The van der Waals surface area contributed by atoms with E-state index in [9.17, 15) is 9.59 Å². The van der Waals surface area contributed by atoms with Gasteiger partial charge in [-0.1, -0.05) is 6.92 Å². The van der Waals surface area contributed by atoms with E-state index < -0.39 is 5.60 Å². The molecule has 1 heterocycles. The summed E-state index contributed by atoms with van der Waals surface area (Å²) in [6, 6.07) is 0. The van der Waals surface area contributed by atoms with Gasteiger partial charge in [0.25, 0.3) is 0 Å². The van der Waals surface area contributed by atoms with Gasteiger partial charge in [-0.25, -0.2) is 4.79 Å². The van der Waals surface area contributed by atoms with Gasteiger partial charge in [0, 0.05) is 19.0 Å². The van der Waals surface area contributed by atoms with Crippen molar-refractivity contribution in [1.82, 2.24) is 4.90 Å². The van der Waals surface area contributed by atoms with E-state index >= 15 is 0 Å². The van der Waals surface area contributed by atoms with Crippen molar-refractivity contribution in [3.63, 3.8) is 0 Å². The first kappa shape index (κ1) is 12.0. The first-order valence-corrected chi connectivity index (χ1v) is 5.41. The molecule has 1 fully saturated rings. The van der Waals surface area contributed by atoms with Crippen LogP contribution in [0, 0.1) is 5.92 Å². The molecular weight excluding hydrogens is 194 g/mol. The quantitative estimate of drug-likeness (QED) is 0.672. The summed E-state index contributed by atoms with van der Waals surface area (Å²) in [5.74, 6) is -0.0118. The number of hydrogen-bond donors (Lipinski definition) is 0. The number of carbonyl (C=O) groups excluding carboxylic acids is 2. The number of hydrogen-bond acceptors (Lipinski definition) is 3. The second-order valence-electron chi connectivity index (χ2n) is 4.61. The van der Waals surface area contributed by atoms with Crippen LogP contribution in [0.15, 0.2) is 0 Å². The van der Waals surface area contributed by atoms with Crippen molar-refractivity contribution in [2.45, 2.75) is 39.2 Å². The largest absolute Gasteiger partial charge is 0.443 e. The Bertz CT molecular complexity index is 250. The maximum absolute atomic E-state index is 11.7. The zero-order valence-corrected chi connectivity index (χ0v) is 9.66. The summed E-state index contributed by atoms with van der Waals surface area (Å²) in [5, 5.41) is 0. The first-order chi connectivity index (χ1) is 6.98. The van der Waals surface area contributed by atoms with Crippen LogP contribution < -0.4 is 0 Å². The lowest BCUT2D eigenvalue weighted by Crippen LogP contribution is -2.36. The molecule has 0 unspecified atom stereocenters. The minimum Gasteiger partial charge on any atom is -0.443 e. The molecule has 4 heteroatoms. The highest BCUT2D eigenvalue weighted by atomic mass is 16.6. The summed E-state index contributed by atoms with van der Waals surface area (Å²) in [7, 11) is 0. The molecule has 0 N–H and O–H groups in total. The molecule has 1 atom stereocenters. The molecule has 0 radical (unpaired) electrons. The van der Waals surface area contributed by atoms with Crippen LogP contribution in [0.25, 0.3) is 0 Å². The SMILES string of the molecule is CCC(C)(C)OC(=O)N1CC[C@@H](C=O)C1. The summed E-state index contributed by atoms with van der Waals surface area (Å²) >= 11 is 0. The van der Waals surface area contributed by atoms with Gasteiger partial charge in [0.15, 0.2) is 0 Å². The van der Waals surface area contributed by atoms with Crippen LogP contribution >= 0.6 is 0 Å². The molecule has 1 amide bonds. The molecule has 0 aromatic heterocycles. The molecule has 1 rings (SSSR count). The fraction of sp³-hybridized carbons (Fsp3) is 0.818. The Hall–Kier alpha value is -1.06. The Kier molecular flexibility index (Phi) is 3.72. The highest BCUT2D eigenvalue weighted by Gasteiger charge is 2.30. The second kappa shape index (κ2) is 4.64. The molecule has 0 bridgehead atoms. The Morgan fingerprint density at radius 2 is 2.27 bits per heavy atom. The average molecular weight is 213 g/mol. The van der Waals surface area contributed by atoms with E-state index in [-0.39, 0.29) is 12.0 Å². The van der Waals surface area contributed by atoms with Crippen molar-refractivity contribution in [2.24, 2.45) is 5.92 Å². The molecule has 86 valence electrons. The van der Waals surface area contributed by atoms with Gasteiger partial charge in [-0.05, 0) is 26.7 Å². The van der Waals surface area contributed by atoms with Gasteiger partial charge in [-0.3, -0.25) is 0 Å². The number of aldehydes is 1. The molecule has 4 nitrogen and oxygen atoms in total. The van der Waals surface area contributed by atoms with E-state index in [0.717, 1.165) is 19.1 Å². The molecular formula is C11H19NO3. The Labute approximate surface area is 90.6 Å². The number of carbonyl (C=O) groups is 2. The lowest BCUT2D eigenvalue weighted by molar-refractivity contribution is -0.110. The predicted molar refractivity (Wildman–Crippen MR) is 56.6 cm³/mol. The number of rotatable bonds is 3. The predicted octanol–water partition coefficient (Wildman–Crippen LogP) is 1.83. The molecule has 0 saturated carbocycles. The van der Waals surface area contributed by atoms with Gasteiger partial charge in [0.05, 0.1) is 0 Å². The third-order valence-corrected chi connectivity index (χ3v) is 2.89. The minimum absolute atomic E-state index is 0.0118. The van der Waals surface area contributed by atoms with Crippen LogP contribution in [-0.2, 0) is 9.53 Å². The highest BCUT2D eigenvalue weighted by molar-refractivity contribution is 5.69. The third kappa shape index (κ3) is 3.22. The first-order valence-electron chi connectivity index (χ1n) is 5.41. The van der Waals surface area contributed by atoms with Crippen LogP contribution in [0.5, 0.6) is 0 Å². The number of likely N-dealkylation sites (tertiary alicyclic amines) is 1. The summed E-state index contributed by atoms with van der Waals surface area (Å²) in [4.78, 5) is 23.8. The van der Waals surface area contributed by atoms with Crippen LogP contribution in [0.4, 0.5) is 4.79 Å². The van der Waals surface area contributed by atoms with Crippen LogP contribution in [-0.4, -0.2) is 36.0 Å². The molecule has 0 spiro atoms. The van der Waals surface area contributed by atoms with Crippen LogP contribution in [0.2, 0.25) is 0 Å². The molecule has 1 aliphatic heterocycles. The summed E-state index contributed by atoms with van der Waals surface area (Å²) < 4.78 is 5.33. The molecule has 0 aromatic rings. The van der Waals surface area contributed by atoms with Crippen molar-refractivity contribution in [3.05, 3.63) is 0 Å². The lowest BCUT2D eigenvalue weighted by atomic mass is 10.1. The Morgan fingerprint density at radius 3 is 2.73 bits per heavy atom. The van der Waals surface area contributed by atoms with E-state index in [2.05, 4.69) is 0 Å². The standard InChI is InChI=1S/C11H19NO3/c1-4-11(2,3)15-10(14)12-6-5-9(7-12)8-13/h8-9H,4-7H2,1-3H3/t9-/m1/s1. The maximum Gasteiger partial charge on any atom is 0.410 e. The van der Waals surface area contributed by atoms with Crippen LogP contribution in [0.1, 0.15) is 33.6 Å². The van der Waals surface area contributed by atoms with Gasteiger partial charge < -0.3 is 14.4 Å². The molecule has 1 saturated heterocycles. The van der Waals surface area contributed by atoms with Crippen molar-refractivity contribution in [1.29, 1.82) is 0 Å². The topological polar surface area (TPSA) is 46.6 Å². The molecule has 15 heavy (non-hydrogen) atoms. The smallest absolute Gasteiger partial charge is 0.410 e. The lowest BCUT2D eigenvalue weighted by Gasteiger charge is -2.26. The van der Waals surface area contributed by atoms with Crippen LogP contribution in [0.3, 0.4) is 0 Å². The van der Waals surface area contributed by atoms with Crippen molar-refractivity contribution in [3.8, 4) is 0 Å². The van der Waals surface area contributed by atoms with Gasteiger partial charge in [-0.15, -0.1) is 0 Å². The fourth-order valence-corrected chi connectivity index (χ4v) is 1.44. The van der Waals surface area contributed by atoms with Crippen molar-refractivity contribution < 1.29 is 14.3 Å².